The Morgan fingerprint density at radius 1 is 1.34 bits per heavy atom. The Morgan fingerprint density at radius 3 is 2.72 bits per heavy atom. The number of fused-ring (bicyclic) bond motifs is 3. The molecule has 0 unspecified atom stereocenters. The van der Waals surface area contributed by atoms with Crippen LogP contribution in [0.2, 0.25) is 0 Å². The van der Waals surface area contributed by atoms with Crippen molar-refractivity contribution < 1.29 is 42.9 Å². The standard InChI is InChI=1S/C21H25F2NO8/c1-19(2)20(27)8-7-14(25)12-16(20)15-6-5-13(11-17(15)32-19)21(22,23)18(26)30-9-3-4-10-31-24(28)29/h5-6,11,16,27H,3-4,7-10,12H2,1-2H3/t16-,20-/m1/s1. The minimum Gasteiger partial charge on any atom is -0.485 e. The smallest absolute Gasteiger partial charge is 0.381 e. The van der Waals surface area contributed by atoms with E-state index in [1.165, 1.54) is 6.07 Å². The van der Waals surface area contributed by atoms with Gasteiger partial charge in [-0.05, 0) is 39.2 Å². The summed E-state index contributed by atoms with van der Waals surface area (Å²) in [4.78, 5) is 38.1. The molecule has 1 aliphatic heterocycles. The maximum atomic E-state index is 14.7. The summed E-state index contributed by atoms with van der Waals surface area (Å²) in [5, 5.41) is 20.3. The lowest BCUT2D eigenvalue weighted by atomic mass is 9.63. The molecule has 1 fully saturated rings. The summed E-state index contributed by atoms with van der Waals surface area (Å²) in [5.41, 5.74) is -2.65. The zero-order valence-electron chi connectivity index (χ0n) is 17.8. The minimum absolute atomic E-state index is 0.0232. The van der Waals surface area contributed by atoms with E-state index < -0.39 is 39.7 Å². The molecule has 1 N–H and O–H groups in total. The Balaban J connectivity index is 1.74. The summed E-state index contributed by atoms with van der Waals surface area (Å²) in [6.07, 6.45) is 0.777. The lowest BCUT2D eigenvalue weighted by Gasteiger charge is -2.53. The Bertz CT molecular complexity index is 919. The molecule has 3 rings (SSSR count). The van der Waals surface area contributed by atoms with Gasteiger partial charge in [0.1, 0.15) is 22.7 Å². The van der Waals surface area contributed by atoms with Crippen LogP contribution in [0.4, 0.5) is 8.78 Å². The van der Waals surface area contributed by atoms with Crippen LogP contribution >= 0.6 is 0 Å². The lowest BCUT2D eigenvalue weighted by Crippen LogP contribution is -2.62. The van der Waals surface area contributed by atoms with Crippen LogP contribution in [0.5, 0.6) is 5.75 Å². The number of esters is 1. The first-order valence-electron chi connectivity index (χ1n) is 10.3. The van der Waals surface area contributed by atoms with Gasteiger partial charge in [-0.15, -0.1) is 10.1 Å². The average molecular weight is 457 g/mol. The monoisotopic (exact) mass is 457 g/mol. The Hall–Kier alpha value is -2.82. The molecule has 2 atom stereocenters. The normalized spacial score (nSPS) is 24.0. The van der Waals surface area contributed by atoms with Gasteiger partial charge in [-0.2, -0.15) is 8.78 Å². The minimum atomic E-state index is -3.96. The molecular formula is C21H25F2NO8. The Labute approximate surface area is 182 Å². The fourth-order valence-electron chi connectivity index (χ4n) is 4.28. The number of unbranched alkanes of at least 4 members (excludes halogenated alkanes) is 1. The third-order valence-corrected chi connectivity index (χ3v) is 6.18. The summed E-state index contributed by atoms with van der Waals surface area (Å²) in [6, 6.07) is 3.46. The van der Waals surface area contributed by atoms with Crippen molar-refractivity contribution in [3.05, 3.63) is 39.4 Å². The van der Waals surface area contributed by atoms with Gasteiger partial charge in [0.05, 0.1) is 13.2 Å². The molecule has 32 heavy (non-hydrogen) atoms. The van der Waals surface area contributed by atoms with Crippen molar-refractivity contribution in [1.29, 1.82) is 0 Å². The quantitative estimate of drug-likeness (QED) is 0.273. The number of Topliss-reactive ketones (excluding diaryl/α,β-unsaturated/α-hetero) is 1. The molecule has 1 heterocycles. The Kier molecular flexibility index (Phi) is 6.41. The summed E-state index contributed by atoms with van der Waals surface area (Å²) in [5.74, 6) is -6.26. The molecule has 176 valence electrons. The number of rotatable bonds is 8. The van der Waals surface area contributed by atoms with Gasteiger partial charge < -0.3 is 19.4 Å². The molecule has 0 saturated heterocycles. The average Bonchev–Trinajstić information content (AvgIpc) is 2.71. The van der Waals surface area contributed by atoms with E-state index in [4.69, 9.17) is 4.74 Å². The molecule has 9 nitrogen and oxygen atoms in total. The lowest BCUT2D eigenvalue weighted by molar-refractivity contribution is -0.757. The van der Waals surface area contributed by atoms with Crippen LogP contribution in [0, 0.1) is 10.1 Å². The molecule has 1 aromatic carbocycles. The molecule has 0 bridgehead atoms. The number of benzene rings is 1. The van der Waals surface area contributed by atoms with Crippen molar-refractivity contribution in [3.8, 4) is 5.75 Å². The van der Waals surface area contributed by atoms with Gasteiger partial charge in [-0.1, -0.05) is 12.1 Å². The molecular weight excluding hydrogens is 432 g/mol. The fraction of sp³-hybridized carbons (Fsp3) is 0.619. The highest BCUT2D eigenvalue weighted by Crippen LogP contribution is 2.54. The van der Waals surface area contributed by atoms with E-state index in [1.54, 1.807) is 13.8 Å². The summed E-state index contributed by atoms with van der Waals surface area (Å²) in [6.45, 7) is 2.71. The molecule has 1 aromatic rings. The van der Waals surface area contributed by atoms with Gasteiger partial charge in [0.15, 0.2) is 0 Å². The van der Waals surface area contributed by atoms with Crippen LogP contribution in [-0.2, 0) is 25.1 Å². The summed E-state index contributed by atoms with van der Waals surface area (Å²) >= 11 is 0. The van der Waals surface area contributed by atoms with Crippen LogP contribution in [-0.4, -0.2) is 46.4 Å². The van der Waals surface area contributed by atoms with Crippen LogP contribution in [0.15, 0.2) is 18.2 Å². The highest BCUT2D eigenvalue weighted by Gasteiger charge is 2.58. The largest absolute Gasteiger partial charge is 0.485 e. The van der Waals surface area contributed by atoms with Gasteiger partial charge in [0.2, 0.25) is 0 Å². The zero-order valence-corrected chi connectivity index (χ0v) is 17.8. The zero-order chi connectivity index (χ0) is 23.7. The number of ether oxygens (including phenoxy) is 2. The van der Waals surface area contributed by atoms with Gasteiger partial charge in [0, 0.05) is 29.9 Å². The van der Waals surface area contributed by atoms with Crippen molar-refractivity contribution in [2.45, 2.75) is 69.0 Å². The van der Waals surface area contributed by atoms with Gasteiger partial charge in [-0.3, -0.25) is 4.79 Å². The number of carbonyl (C=O) groups excluding carboxylic acids is 2. The second-order valence-corrected chi connectivity index (χ2v) is 8.56. The number of halogens is 2. The van der Waals surface area contributed by atoms with Gasteiger partial charge in [0.25, 0.3) is 5.09 Å². The van der Waals surface area contributed by atoms with Crippen LogP contribution in [0.1, 0.15) is 63.0 Å². The highest BCUT2D eigenvalue weighted by molar-refractivity contribution is 5.82. The molecule has 2 aliphatic rings. The van der Waals surface area contributed by atoms with Crippen molar-refractivity contribution >= 4 is 11.8 Å². The second kappa shape index (κ2) is 8.61. The maximum Gasteiger partial charge on any atom is 0.381 e. The Morgan fingerprint density at radius 2 is 2.03 bits per heavy atom. The van der Waals surface area contributed by atoms with E-state index in [-0.39, 0.29) is 56.9 Å². The van der Waals surface area contributed by atoms with Crippen molar-refractivity contribution in [2.75, 3.05) is 13.2 Å². The number of ketones is 1. The highest BCUT2D eigenvalue weighted by atomic mass is 19.3. The predicted molar refractivity (Wildman–Crippen MR) is 105 cm³/mol. The van der Waals surface area contributed by atoms with Gasteiger partial charge in [-0.25, -0.2) is 4.79 Å². The second-order valence-electron chi connectivity index (χ2n) is 8.56. The molecule has 11 heteroatoms. The first-order valence-corrected chi connectivity index (χ1v) is 10.3. The number of hydrogen-bond acceptors (Lipinski definition) is 8. The van der Waals surface area contributed by atoms with Crippen LogP contribution in [0.25, 0.3) is 0 Å². The molecule has 1 aliphatic carbocycles. The number of carbonyl (C=O) groups is 2. The molecule has 0 radical (unpaired) electrons. The van der Waals surface area contributed by atoms with Crippen LogP contribution < -0.4 is 4.74 Å². The van der Waals surface area contributed by atoms with E-state index in [2.05, 4.69) is 9.57 Å². The number of aliphatic hydroxyl groups is 1. The summed E-state index contributed by atoms with van der Waals surface area (Å²) in [7, 11) is 0. The molecule has 0 spiro atoms. The van der Waals surface area contributed by atoms with E-state index >= 15 is 0 Å². The summed E-state index contributed by atoms with van der Waals surface area (Å²) < 4.78 is 39.9. The van der Waals surface area contributed by atoms with Gasteiger partial charge >= 0.3 is 11.9 Å². The third kappa shape index (κ3) is 4.38. The SMILES string of the molecule is CC1(C)Oc2cc(C(F)(F)C(=O)OCCCCO[N+](=O)[O-])ccc2[C@H]2CC(=O)CC[C@@]21O. The van der Waals surface area contributed by atoms with E-state index in [0.717, 1.165) is 12.1 Å². The maximum absolute atomic E-state index is 14.7. The van der Waals surface area contributed by atoms with Crippen molar-refractivity contribution in [3.63, 3.8) is 0 Å². The van der Waals surface area contributed by atoms with Crippen molar-refractivity contribution in [1.82, 2.24) is 0 Å². The topological polar surface area (TPSA) is 125 Å². The first-order chi connectivity index (χ1) is 14.9. The van der Waals surface area contributed by atoms with Crippen molar-refractivity contribution in [2.24, 2.45) is 0 Å². The van der Waals surface area contributed by atoms with E-state index in [9.17, 15) is 33.6 Å². The van der Waals surface area contributed by atoms with E-state index in [1.807, 2.05) is 0 Å². The molecule has 0 aromatic heterocycles. The third-order valence-electron chi connectivity index (χ3n) is 6.18. The number of hydrogen-bond donors (Lipinski definition) is 1. The number of nitrogens with zero attached hydrogens (tertiary/aromatic N) is 1. The van der Waals surface area contributed by atoms with Crippen LogP contribution in [0.3, 0.4) is 0 Å². The molecule has 1 saturated carbocycles. The first kappa shape index (κ1) is 23.8. The fourth-order valence-corrected chi connectivity index (χ4v) is 4.28. The molecule has 0 amide bonds. The van der Waals surface area contributed by atoms with E-state index in [0.29, 0.717) is 5.56 Å². The number of alkyl halides is 2. The predicted octanol–water partition coefficient (Wildman–Crippen LogP) is 3.05.